The van der Waals surface area contributed by atoms with Crippen LogP contribution in [0.3, 0.4) is 0 Å². The molecule has 0 aromatic heterocycles. The molecule has 0 saturated heterocycles. The molecule has 1 saturated carbocycles. The Hall–Kier alpha value is -1.95. The molecule has 6 nitrogen and oxygen atoms in total. The van der Waals surface area contributed by atoms with E-state index < -0.39 is 0 Å². The number of benzene rings is 1. The second-order valence-corrected chi connectivity index (χ2v) is 7.52. The summed E-state index contributed by atoms with van der Waals surface area (Å²) in [5.74, 6) is 2.75. The van der Waals surface area contributed by atoms with Crippen molar-refractivity contribution in [1.82, 2.24) is 10.2 Å². The minimum absolute atomic E-state index is 0.469. The molecular formula is C21H36N4O2. The van der Waals surface area contributed by atoms with Crippen molar-refractivity contribution in [2.45, 2.75) is 44.6 Å². The Morgan fingerprint density at radius 3 is 2.52 bits per heavy atom. The third kappa shape index (κ3) is 6.61. The monoisotopic (exact) mass is 376 g/mol. The van der Waals surface area contributed by atoms with Gasteiger partial charge in [-0.2, -0.15) is 0 Å². The Balaban J connectivity index is 1.82. The third-order valence-corrected chi connectivity index (χ3v) is 5.47. The molecule has 1 aromatic rings. The summed E-state index contributed by atoms with van der Waals surface area (Å²) < 4.78 is 10.6. The fraction of sp³-hybridized carbons (Fsp3) is 0.667. The number of guanidine groups is 1. The van der Waals surface area contributed by atoms with E-state index in [1.54, 1.807) is 14.2 Å². The van der Waals surface area contributed by atoms with Crippen molar-refractivity contribution in [2.75, 3.05) is 41.4 Å². The van der Waals surface area contributed by atoms with Crippen LogP contribution in [-0.4, -0.2) is 58.3 Å². The average molecular weight is 377 g/mol. The molecule has 1 aromatic carbocycles. The third-order valence-electron chi connectivity index (χ3n) is 5.47. The molecule has 0 heterocycles. The summed E-state index contributed by atoms with van der Waals surface area (Å²) >= 11 is 0. The van der Waals surface area contributed by atoms with Gasteiger partial charge in [0.2, 0.25) is 0 Å². The zero-order valence-corrected chi connectivity index (χ0v) is 17.3. The fourth-order valence-electron chi connectivity index (χ4n) is 3.87. The molecule has 1 aliphatic rings. The van der Waals surface area contributed by atoms with E-state index in [1.807, 2.05) is 18.2 Å². The molecule has 0 aliphatic heterocycles. The topological polar surface area (TPSA) is 72.1 Å². The number of aliphatic imine (C=N–C) groups is 1. The van der Waals surface area contributed by atoms with Crippen LogP contribution in [0.1, 0.15) is 37.7 Å². The maximum absolute atomic E-state index is 6.09. The lowest BCUT2D eigenvalue weighted by Crippen LogP contribution is -2.40. The quantitative estimate of drug-likeness (QED) is 0.512. The Kier molecular flexibility index (Phi) is 8.72. The second-order valence-electron chi connectivity index (χ2n) is 7.52. The highest BCUT2D eigenvalue weighted by Gasteiger charge is 2.24. The number of nitrogens with zero attached hydrogens (tertiary/aromatic N) is 2. The van der Waals surface area contributed by atoms with E-state index in [4.69, 9.17) is 15.2 Å². The maximum atomic E-state index is 6.09. The van der Waals surface area contributed by atoms with Gasteiger partial charge in [0.25, 0.3) is 0 Å². The highest BCUT2D eigenvalue weighted by atomic mass is 16.5. The normalized spacial score (nSPS) is 17.0. The number of methoxy groups -OCH3 is 2. The van der Waals surface area contributed by atoms with Crippen LogP contribution < -0.4 is 20.5 Å². The van der Waals surface area contributed by atoms with E-state index in [2.05, 4.69) is 29.3 Å². The molecule has 1 atom stereocenters. The number of hydrogen-bond acceptors (Lipinski definition) is 4. The Bertz CT molecular complexity index is 598. The first-order valence-corrected chi connectivity index (χ1v) is 9.96. The van der Waals surface area contributed by atoms with Gasteiger partial charge in [-0.3, -0.25) is 4.99 Å². The number of likely N-dealkylation sites (N-methyl/N-ethyl adjacent to an activating group) is 1. The Morgan fingerprint density at radius 1 is 1.19 bits per heavy atom. The lowest BCUT2D eigenvalue weighted by Gasteiger charge is -2.33. The van der Waals surface area contributed by atoms with E-state index in [1.165, 1.54) is 37.7 Å². The van der Waals surface area contributed by atoms with E-state index in [0.717, 1.165) is 36.9 Å². The minimum Gasteiger partial charge on any atom is -0.493 e. The summed E-state index contributed by atoms with van der Waals surface area (Å²) in [6.07, 6.45) is 7.53. The number of rotatable bonds is 9. The zero-order valence-electron chi connectivity index (χ0n) is 17.3. The van der Waals surface area contributed by atoms with Crippen molar-refractivity contribution in [3.63, 3.8) is 0 Å². The summed E-state index contributed by atoms with van der Waals surface area (Å²) in [7, 11) is 7.59. The van der Waals surface area contributed by atoms with Gasteiger partial charge in [0.15, 0.2) is 17.5 Å². The van der Waals surface area contributed by atoms with Gasteiger partial charge < -0.3 is 25.4 Å². The molecule has 3 N–H and O–H groups in total. The van der Waals surface area contributed by atoms with Gasteiger partial charge >= 0.3 is 0 Å². The van der Waals surface area contributed by atoms with Gasteiger partial charge in [0.05, 0.1) is 20.8 Å². The lowest BCUT2D eigenvalue weighted by molar-refractivity contribution is 0.176. The zero-order chi connectivity index (χ0) is 19.6. The highest BCUT2D eigenvalue weighted by Crippen LogP contribution is 2.29. The molecule has 2 rings (SSSR count). The van der Waals surface area contributed by atoms with Gasteiger partial charge in [-0.1, -0.05) is 25.3 Å². The molecule has 1 unspecified atom stereocenters. The molecule has 0 spiro atoms. The molecule has 27 heavy (non-hydrogen) atoms. The minimum atomic E-state index is 0.469. The van der Waals surface area contributed by atoms with Gasteiger partial charge in [0.1, 0.15) is 0 Å². The number of nitrogens with one attached hydrogen (secondary N) is 1. The molecule has 1 fully saturated rings. The van der Waals surface area contributed by atoms with Crippen molar-refractivity contribution < 1.29 is 9.47 Å². The molecule has 0 radical (unpaired) electrons. The summed E-state index contributed by atoms with van der Waals surface area (Å²) in [5, 5.41) is 3.23. The molecule has 6 heteroatoms. The van der Waals surface area contributed by atoms with E-state index in [9.17, 15) is 0 Å². The fourth-order valence-corrected chi connectivity index (χ4v) is 3.87. The highest BCUT2D eigenvalue weighted by molar-refractivity contribution is 5.77. The Labute approximate surface area is 164 Å². The van der Waals surface area contributed by atoms with Crippen LogP contribution in [0.5, 0.6) is 11.5 Å². The smallest absolute Gasteiger partial charge is 0.188 e. The van der Waals surface area contributed by atoms with Crippen LogP contribution >= 0.6 is 0 Å². The van der Waals surface area contributed by atoms with Crippen molar-refractivity contribution in [3.8, 4) is 11.5 Å². The standard InChI is InChI=1S/C21H36N4O2/c1-25(2)18(17-8-6-5-7-9-17)15-24-21(22)23-13-12-16-10-11-19(26-3)20(14-16)27-4/h10-11,14,17-18H,5-9,12-13,15H2,1-4H3,(H3,22,23,24). The first-order valence-electron chi connectivity index (χ1n) is 9.96. The van der Waals surface area contributed by atoms with Gasteiger partial charge in [-0.15, -0.1) is 0 Å². The van der Waals surface area contributed by atoms with Crippen molar-refractivity contribution in [2.24, 2.45) is 16.6 Å². The summed E-state index contributed by atoms with van der Waals surface area (Å²) in [5.41, 5.74) is 7.26. The average Bonchev–Trinajstić information content (AvgIpc) is 2.68. The SMILES string of the molecule is COc1ccc(CCNC(N)=NCC(C2CCCCC2)N(C)C)cc1OC. The van der Waals surface area contributed by atoms with Crippen molar-refractivity contribution in [3.05, 3.63) is 23.8 Å². The molecule has 0 amide bonds. The van der Waals surface area contributed by atoms with E-state index in [-0.39, 0.29) is 0 Å². The van der Waals surface area contributed by atoms with Gasteiger partial charge in [0, 0.05) is 12.6 Å². The van der Waals surface area contributed by atoms with Crippen molar-refractivity contribution in [1.29, 1.82) is 0 Å². The van der Waals surface area contributed by atoms with E-state index >= 15 is 0 Å². The van der Waals surface area contributed by atoms with Crippen LogP contribution in [0.25, 0.3) is 0 Å². The van der Waals surface area contributed by atoms with Crippen LogP contribution in [0.4, 0.5) is 0 Å². The summed E-state index contributed by atoms with van der Waals surface area (Å²) in [6.45, 7) is 1.49. The largest absolute Gasteiger partial charge is 0.493 e. The number of hydrogen-bond donors (Lipinski definition) is 2. The summed E-state index contributed by atoms with van der Waals surface area (Å²) in [6, 6.07) is 6.44. The van der Waals surface area contributed by atoms with Crippen LogP contribution in [-0.2, 0) is 6.42 Å². The molecular weight excluding hydrogens is 340 g/mol. The lowest BCUT2D eigenvalue weighted by atomic mass is 9.83. The maximum Gasteiger partial charge on any atom is 0.188 e. The second kappa shape index (κ2) is 11.0. The van der Waals surface area contributed by atoms with Gasteiger partial charge in [-0.05, 0) is 57.0 Å². The molecule has 152 valence electrons. The Morgan fingerprint density at radius 2 is 1.89 bits per heavy atom. The predicted molar refractivity (Wildman–Crippen MR) is 112 cm³/mol. The number of ether oxygens (including phenoxy) is 2. The summed E-state index contributed by atoms with van der Waals surface area (Å²) in [4.78, 5) is 6.91. The van der Waals surface area contributed by atoms with E-state index in [0.29, 0.717) is 12.0 Å². The molecule has 0 bridgehead atoms. The van der Waals surface area contributed by atoms with Crippen LogP contribution in [0.15, 0.2) is 23.2 Å². The van der Waals surface area contributed by atoms with Crippen LogP contribution in [0.2, 0.25) is 0 Å². The van der Waals surface area contributed by atoms with Crippen LogP contribution in [0, 0.1) is 5.92 Å². The number of nitrogens with two attached hydrogens (primary N) is 1. The van der Waals surface area contributed by atoms with Crippen molar-refractivity contribution >= 4 is 5.96 Å². The molecule has 1 aliphatic carbocycles. The first-order chi connectivity index (χ1) is 13.0. The first kappa shape index (κ1) is 21.4. The van der Waals surface area contributed by atoms with Gasteiger partial charge in [-0.25, -0.2) is 0 Å². The predicted octanol–water partition coefficient (Wildman–Crippen LogP) is 2.66.